The summed E-state index contributed by atoms with van der Waals surface area (Å²) in [6.07, 6.45) is -4.35. The minimum absolute atomic E-state index is 0.404. The largest absolute Gasteiger partial charge is 0.416 e. The summed E-state index contributed by atoms with van der Waals surface area (Å²) >= 11 is 6.32. The maximum Gasteiger partial charge on any atom is 0.416 e. The van der Waals surface area contributed by atoms with E-state index >= 15 is 0 Å². The zero-order valence-corrected chi connectivity index (χ0v) is 12.5. The van der Waals surface area contributed by atoms with Gasteiger partial charge in [0.05, 0.1) is 10.9 Å². The smallest absolute Gasteiger partial charge is 0.166 e. The minimum Gasteiger partial charge on any atom is -0.166 e. The standard InChI is InChI=1S/C17H16ClF3/c1-11(2)12-6-8-13(9-7-12)16(18)14-4-3-5-15(10-14)17(19,20)21/h3-11,16H,1-2H3. The quantitative estimate of drug-likeness (QED) is 0.596. The molecule has 0 spiro atoms. The molecule has 21 heavy (non-hydrogen) atoms. The molecule has 4 heteroatoms. The highest BCUT2D eigenvalue weighted by Gasteiger charge is 2.30. The van der Waals surface area contributed by atoms with Crippen molar-refractivity contribution < 1.29 is 13.2 Å². The molecule has 1 atom stereocenters. The molecule has 1 unspecified atom stereocenters. The van der Waals surface area contributed by atoms with Gasteiger partial charge in [0.1, 0.15) is 0 Å². The van der Waals surface area contributed by atoms with Crippen molar-refractivity contribution in [2.45, 2.75) is 31.3 Å². The average Bonchev–Trinajstić information content (AvgIpc) is 2.46. The van der Waals surface area contributed by atoms with Crippen molar-refractivity contribution in [3.8, 4) is 0 Å². The van der Waals surface area contributed by atoms with Crippen LogP contribution >= 0.6 is 11.6 Å². The van der Waals surface area contributed by atoms with E-state index in [2.05, 4.69) is 13.8 Å². The number of halogens is 4. The van der Waals surface area contributed by atoms with Crippen LogP contribution in [0.1, 0.15) is 47.4 Å². The first kappa shape index (κ1) is 15.9. The van der Waals surface area contributed by atoms with E-state index in [0.717, 1.165) is 17.7 Å². The van der Waals surface area contributed by atoms with E-state index in [1.807, 2.05) is 24.3 Å². The lowest BCUT2D eigenvalue weighted by molar-refractivity contribution is -0.137. The van der Waals surface area contributed by atoms with Gasteiger partial charge in [-0.15, -0.1) is 11.6 Å². The Labute approximate surface area is 127 Å². The van der Waals surface area contributed by atoms with E-state index in [1.54, 1.807) is 6.07 Å². The molecule has 0 heterocycles. The molecule has 0 N–H and O–H groups in total. The van der Waals surface area contributed by atoms with Crippen LogP contribution in [-0.4, -0.2) is 0 Å². The van der Waals surface area contributed by atoms with Crippen LogP contribution in [0.15, 0.2) is 48.5 Å². The Bertz CT molecular complexity index is 600. The summed E-state index contributed by atoms with van der Waals surface area (Å²) in [4.78, 5) is 0. The van der Waals surface area contributed by atoms with Crippen LogP contribution in [0.3, 0.4) is 0 Å². The van der Waals surface area contributed by atoms with Gasteiger partial charge in [0, 0.05) is 0 Å². The lowest BCUT2D eigenvalue weighted by atomic mass is 9.98. The van der Waals surface area contributed by atoms with Crippen molar-refractivity contribution in [2.75, 3.05) is 0 Å². The molecule has 0 aromatic heterocycles. The van der Waals surface area contributed by atoms with Crippen molar-refractivity contribution >= 4 is 11.6 Å². The molecule has 0 fully saturated rings. The molecular weight excluding hydrogens is 297 g/mol. The van der Waals surface area contributed by atoms with Crippen molar-refractivity contribution in [1.82, 2.24) is 0 Å². The Hall–Kier alpha value is -1.48. The summed E-state index contributed by atoms with van der Waals surface area (Å²) in [7, 11) is 0. The zero-order chi connectivity index (χ0) is 15.6. The van der Waals surface area contributed by atoms with E-state index in [4.69, 9.17) is 11.6 Å². The van der Waals surface area contributed by atoms with E-state index in [1.165, 1.54) is 11.6 Å². The number of hydrogen-bond acceptors (Lipinski definition) is 0. The summed E-state index contributed by atoms with van der Waals surface area (Å²) in [5, 5.41) is -0.589. The molecule has 0 aliphatic heterocycles. The molecular formula is C17H16ClF3. The van der Waals surface area contributed by atoms with Crippen LogP contribution < -0.4 is 0 Å². The molecule has 112 valence electrons. The molecule has 0 aliphatic rings. The summed E-state index contributed by atoms with van der Waals surface area (Å²) in [6.45, 7) is 4.17. The van der Waals surface area contributed by atoms with E-state index < -0.39 is 17.1 Å². The molecule has 0 bridgehead atoms. The first-order chi connectivity index (χ1) is 9.79. The van der Waals surface area contributed by atoms with Crippen LogP contribution in [0.4, 0.5) is 13.2 Å². The summed E-state index contributed by atoms with van der Waals surface area (Å²) in [6, 6.07) is 12.8. The predicted octanol–water partition coefficient (Wildman–Crippen LogP) is 6.16. The fraction of sp³-hybridized carbons (Fsp3) is 0.294. The second kappa shape index (κ2) is 6.10. The van der Waals surface area contributed by atoms with Gasteiger partial charge < -0.3 is 0 Å². The van der Waals surface area contributed by atoms with Gasteiger partial charge in [-0.2, -0.15) is 13.2 Å². The molecule has 0 nitrogen and oxygen atoms in total. The fourth-order valence-corrected chi connectivity index (χ4v) is 2.40. The van der Waals surface area contributed by atoms with Gasteiger partial charge in [-0.3, -0.25) is 0 Å². The van der Waals surface area contributed by atoms with Crippen LogP contribution in [-0.2, 0) is 6.18 Å². The van der Waals surface area contributed by atoms with Gasteiger partial charge in [0.25, 0.3) is 0 Å². The average molecular weight is 313 g/mol. The summed E-state index contributed by atoms with van der Waals surface area (Å²) < 4.78 is 38.2. The molecule has 0 saturated heterocycles. The van der Waals surface area contributed by atoms with Gasteiger partial charge in [-0.05, 0) is 34.7 Å². The molecule has 0 aliphatic carbocycles. The molecule has 0 amide bonds. The Balaban J connectivity index is 2.29. The van der Waals surface area contributed by atoms with Gasteiger partial charge in [-0.25, -0.2) is 0 Å². The summed E-state index contributed by atoms with van der Waals surface area (Å²) in [5.41, 5.74) is 1.74. The van der Waals surface area contributed by atoms with Gasteiger partial charge in [-0.1, -0.05) is 50.2 Å². The normalized spacial score (nSPS) is 13.5. The second-order valence-corrected chi connectivity index (χ2v) is 5.74. The van der Waals surface area contributed by atoms with Crippen LogP contribution in [0.2, 0.25) is 0 Å². The van der Waals surface area contributed by atoms with Crippen LogP contribution in [0.5, 0.6) is 0 Å². The Morgan fingerprint density at radius 2 is 1.43 bits per heavy atom. The van der Waals surface area contributed by atoms with E-state index in [-0.39, 0.29) is 0 Å². The lowest BCUT2D eigenvalue weighted by Crippen LogP contribution is -2.06. The van der Waals surface area contributed by atoms with Gasteiger partial charge in [0.2, 0.25) is 0 Å². The molecule has 2 rings (SSSR count). The first-order valence-corrected chi connectivity index (χ1v) is 7.14. The molecule has 0 saturated carbocycles. The van der Waals surface area contributed by atoms with Crippen molar-refractivity contribution in [3.05, 3.63) is 70.8 Å². The third-order valence-corrected chi connectivity index (χ3v) is 3.91. The molecule has 2 aromatic carbocycles. The third-order valence-electron chi connectivity index (χ3n) is 3.40. The predicted molar refractivity (Wildman–Crippen MR) is 79.7 cm³/mol. The molecule has 2 aromatic rings. The van der Waals surface area contributed by atoms with Gasteiger partial charge >= 0.3 is 6.18 Å². The SMILES string of the molecule is CC(C)c1ccc(C(Cl)c2cccc(C(F)(F)F)c2)cc1. The number of benzene rings is 2. The van der Waals surface area contributed by atoms with Gasteiger partial charge in [0.15, 0.2) is 0 Å². The Morgan fingerprint density at radius 3 is 1.95 bits per heavy atom. The number of hydrogen-bond donors (Lipinski definition) is 0. The monoisotopic (exact) mass is 312 g/mol. The highest BCUT2D eigenvalue weighted by atomic mass is 35.5. The number of alkyl halides is 4. The minimum atomic E-state index is -4.35. The number of rotatable bonds is 3. The van der Waals surface area contributed by atoms with Crippen LogP contribution in [0, 0.1) is 0 Å². The van der Waals surface area contributed by atoms with Crippen molar-refractivity contribution in [3.63, 3.8) is 0 Å². The van der Waals surface area contributed by atoms with E-state index in [0.29, 0.717) is 11.5 Å². The zero-order valence-electron chi connectivity index (χ0n) is 11.8. The fourth-order valence-electron chi connectivity index (χ4n) is 2.11. The highest BCUT2D eigenvalue weighted by molar-refractivity contribution is 6.22. The highest BCUT2D eigenvalue weighted by Crippen LogP contribution is 2.34. The topological polar surface area (TPSA) is 0 Å². The second-order valence-electron chi connectivity index (χ2n) is 5.31. The Morgan fingerprint density at radius 1 is 0.857 bits per heavy atom. The maximum absolute atomic E-state index is 12.7. The Kier molecular flexibility index (Phi) is 4.62. The third kappa shape index (κ3) is 3.79. The van der Waals surface area contributed by atoms with Crippen LogP contribution in [0.25, 0.3) is 0 Å². The lowest BCUT2D eigenvalue weighted by Gasteiger charge is -2.14. The maximum atomic E-state index is 12.7. The molecule has 0 radical (unpaired) electrons. The van der Waals surface area contributed by atoms with Crippen molar-refractivity contribution in [1.29, 1.82) is 0 Å². The van der Waals surface area contributed by atoms with E-state index in [9.17, 15) is 13.2 Å². The summed E-state index contributed by atoms with van der Waals surface area (Å²) in [5.74, 6) is 0.404. The van der Waals surface area contributed by atoms with Crippen molar-refractivity contribution in [2.24, 2.45) is 0 Å². The first-order valence-electron chi connectivity index (χ1n) is 6.70.